The van der Waals surface area contributed by atoms with Crippen molar-refractivity contribution >= 4 is 17.9 Å². The smallest absolute Gasteiger partial charge is 0.408 e. The average molecular weight is 434 g/mol. The van der Waals surface area contributed by atoms with Crippen molar-refractivity contribution in [3.05, 3.63) is 35.4 Å². The van der Waals surface area contributed by atoms with Crippen molar-refractivity contribution in [3.63, 3.8) is 0 Å². The Kier molecular flexibility index (Phi) is 10.5. The molecule has 0 radical (unpaired) electrons. The lowest BCUT2D eigenvalue weighted by Crippen LogP contribution is -2.51. The largest absolute Gasteiger partial charge is 0.444 e. The summed E-state index contributed by atoms with van der Waals surface area (Å²) < 4.78 is 5.23. The van der Waals surface area contributed by atoms with Gasteiger partial charge in [-0.05, 0) is 53.0 Å². The lowest BCUT2D eigenvalue weighted by molar-refractivity contribution is -0.142. The zero-order valence-corrected chi connectivity index (χ0v) is 20.1. The van der Waals surface area contributed by atoms with E-state index in [0.29, 0.717) is 13.0 Å². The number of ether oxygens (including phenoxy) is 1. The van der Waals surface area contributed by atoms with Crippen molar-refractivity contribution in [1.82, 2.24) is 15.5 Å². The van der Waals surface area contributed by atoms with Gasteiger partial charge < -0.3 is 20.3 Å². The van der Waals surface area contributed by atoms with Gasteiger partial charge in [0.2, 0.25) is 11.8 Å². The number of aryl methyl sites for hydroxylation is 1. The van der Waals surface area contributed by atoms with Crippen molar-refractivity contribution < 1.29 is 19.1 Å². The number of carbonyl (C=O) groups is 3. The SMILES string of the molecule is CCCCNC(=O)C(c1ccc(C)cc1)N(C(=O)CNC(=O)OC(C)(C)C)C(C)CC. The first kappa shape index (κ1) is 26.5. The number of benzene rings is 1. The number of hydrogen-bond acceptors (Lipinski definition) is 4. The lowest BCUT2D eigenvalue weighted by Gasteiger charge is -2.36. The van der Waals surface area contributed by atoms with E-state index >= 15 is 0 Å². The van der Waals surface area contributed by atoms with Gasteiger partial charge in [-0.25, -0.2) is 4.79 Å². The van der Waals surface area contributed by atoms with Crippen LogP contribution in [-0.2, 0) is 14.3 Å². The Bertz CT molecular complexity index is 725. The van der Waals surface area contributed by atoms with Crippen molar-refractivity contribution in [2.45, 2.75) is 85.4 Å². The lowest BCUT2D eigenvalue weighted by atomic mass is 10.00. The van der Waals surface area contributed by atoms with E-state index in [2.05, 4.69) is 17.6 Å². The predicted molar refractivity (Wildman–Crippen MR) is 123 cm³/mol. The molecule has 0 aliphatic carbocycles. The molecule has 0 saturated carbocycles. The third-order valence-corrected chi connectivity index (χ3v) is 4.89. The van der Waals surface area contributed by atoms with Crippen molar-refractivity contribution in [1.29, 1.82) is 0 Å². The van der Waals surface area contributed by atoms with Gasteiger partial charge in [0, 0.05) is 12.6 Å². The zero-order chi connectivity index (χ0) is 23.6. The Balaban J connectivity index is 3.15. The van der Waals surface area contributed by atoms with Gasteiger partial charge >= 0.3 is 6.09 Å². The molecule has 0 spiro atoms. The van der Waals surface area contributed by atoms with Gasteiger partial charge in [-0.2, -0.15) is 0 Å². The Morgan fingerprint density at radius 3 is 2.19 bits per heavy atom. The summed E-state index contributed by atoms with van der Waals surface area (Å²) in [4.78, 5) is 40.0. The van der Waals surface area contributed by atoms with Gasteiger partial charge in [-0.1, -0.05) is 50.1 Å². The van der Waals surface area contributed by atoms with E-state index in [1.54, 1.807) is 25.7 Å². The van der Waals surface area contributed by atoms with Crippen LogP contribution in [0.1, 0.15) is 78.0 Å². The highest BCUT2D eigenvalue weighted by atomic mass is 16.6. The quantitative estimate of drug-likeness (QED) is 0.544. The summed E-state index contributed by atoms with van der Waals surface area (Å²) >= 11 is 0. The summed E-state index contributed by atoms with van der Waals surface area (Å²) in [5.41, 5.74) is 1.15. The standard InChI is InChI=1S/C24H39N3O4/c1-8-10-15-25-22(29)21(19-13-11-17(3)12-14-19)27(18(4)9-2)20(28)16-26-23(30)31-24(5,6)7/h11-14,18,21H,8-10,15-16H2,1-7H3,(H,25,29)(H,26,30). The van der Waals surface area contributed by atoms with Crippen molar-refractivity contribution in [3.8, 4) is 0 Å². The fourth-order valence-corrected chi connectivity index (χ4v) is 3.07. The second-order valence-electron chi connectivity index (χ2n) is 8.87. The highest BCUT2D eigenvalue weighted by Gasteiger charge is 2.34. The molecular formula is C24H39N3O4. The molecule has 0 aliphatic rings. The maximum atomic E-state index is 13.2. The molecule has 1 aromatic rings. The number of hydrogen-bond donors (Lipinski definition) is 2. The van der Waals surface area contributed by atoms with Crippen LogP contribution in [0.25, 0.3) is 0 Å². The molecule has 31 heavy (non-hydrogen) atoms. The van der Waals surface area contributed by atoms with Crippen molar-refractivity contribution in [2.75, 3.05) is 13.1 Å². The van der Waals surface area contributed by atoms with E-state index in [0.717, 1.165) is 24.0 Å². The maximum Gasteiger partial charge on any atom is 0.408 e. The Labute approximate surface area is 186 Å². The molecule has 2 N–H and O–H groups in total. The van der Waals surface area contributed by atoms with Crippen LogP contribution < -0.4 is 10.6 Å². The molecule has 2 unspecified atom stereocenters. The van der Waals surface area contributed by atoms with Crippen LogP contribution in [0.15, 0.2) is 24.3 Å². The van der Waals surface area contributed by atoms with E-state index in [9.17, 15) is 14.4 Å². The summed E-state index contributed by atoms with van der Waals surface area (Å²) in [7, 11) is 0. The highest BCUT2D eigenvalue weighted by molar-refractivity contribution is 5.90. The van der Waals surface area contributed by atoms with Gasteiger partial charge in [-0.3, -0.25) is 9.59 Å². The molecule has 0 aliphatic heterocycles. The molecule has 7 heteroatoms. The summed E-state index contributed by atoms with van der Waals surface area (Å²) in [5.74, 6) is -0.556. The molecular weight excluding hydrogens is 394 g/mol. The van der Waals surface area contributed by atoms with Crippen LogP contribution in [0.3, 0.4) is 0 Å². The van der Waals surface area contributed by atoms with Crippen LogP contribution in [0.4, 0.5) is 4.79 Å². The van der Waals surface area contributed by atoms with E-state index in [1.807, 2.05) is 45.0 Å². The number of amides is 3. The van der Waals surface area contributed by atoms with Crippen LogP contribution in [-0.4, -0.2) is 47.5 Å². The predicted octanol–water partition coefficient (Wildman–Crippen LogP) is 4.10. The minimum absolute atomic E-state index is 0.198. The Hall–Kier alpha value is -2.57. The summed E-state index contributed by atoms with van der Waals surface area (Å²) in [5, 5.41) is 5.48. The zero-order valence-electron chi connectivity index (χ0n) is 20.1. The van der Waals surface area contributed by atoms with E-state index < -0.39 is 17.7 Å². The van der Waals surface area contributed by atoms with Crippen LogP contribution in [0, 0.1) is 6.92 Å². The minimum atomic E-state index is -0.777. The number of nitrogens with zero attached hydrogens (tertiary/aromatic N) is 1. The molecule has 0 fully saturated rings. The van der Waals surface area contributed by atoms with E-state index in [-0.39, 0.29) is 24.4 Å². The maximum absolute atomic E-state index is 13.2. The third kappa shape index (κ3) is 8.99. The van der Waals surface area contributed by atoms with E-state index in [4.69, 9.17) is 4.74 Å². The minimum Gasteiger partial charge on any atom is -0.444 e. The number of nitrogens with one attached hydrogen (secondary N) is 2. The monoisotopic (exact) mass is 433 g/mol. The summed E-state index contributed by atoms with van der Waals surface area (Å²) in [6.07, 6.45) is 1.83. The highest BCUT2D eigenvalue weighted by Crippen LogP contribution is 2.25. The molecule has 0 bridgehead atoms. The number of carbonyl (C=O) groups excluding carboxylic acids is 3. The topological polar surface area (TPSA) is 87.7 Å². The first-order chi connectivity index (χ1) is 14.5. The van der Waals surface area contributed by atoms with Crippen LogP contribution in [0.5, 0.6) is 0 Å². The second-order valence-corrected chi connectivity index (χ2v) is 8.87. The first-order valence-electron chi connectivity index (χ1n) is 11.1. The third-order valence-electron chi connectivity index (χ3n) is 4.89. The summed E-state index contributed by atoms with van der Waals surface area (Å²) in [6, 6.07) is 6.64. The number of rotatable bonds is 10. The van der Waals surface area contributed by atoms with Crippen LogP contribution in [0.2, 0.25) is 0 Å². The molecule has 174 valence electrons. The van der Waals surface area contributed by atoms with Crippen LogP contribution >= 0.6 is 0 Å². The van der Waals surface area contributed by atoms with Gasteiger partial charge in [0.15, 0.2) is 0 Å². The Morgan fingerprint density at radius 1 is 1.06 bits per heavy atom. The molecule has 3 amide bonds. The van der Waals surface area contributed by atoms with Gasteiger partial charge in [0.1, 0.15) is 18.2 Å². The second kappa shape index (κ2) is 12.3. The molecule has 0 heterocycles. The van der Waals surface area contributed by atoms with Gasteiger partial charge in [-0.15, -0.1) is 0 Å². The first-order valence-corrected chi connectivity index (χ1v) is 11.1. The molecule has 7 nitrogen and oxygen atoms in total. The van der Waals surface area contributed by atoms with E-state index in [1.165, 1.54) is 0 Å². The molecule has 1 aromatic carbocycles. The average Bonchev–Trinajstić information content (AvgIpc) is 2.69. The number of alkyl carbamates (subject to hydrolysis) is 1. The Morgan fingerprint density at radius 2 is 1.68 bits per heavy atom. The fourth-order valence-electron chi connectivity index (χ4n) is 3.07. The molecule has 0 saturated heterocycles. The molecule has 2 atom stereocenters. The van der Waals surface area contributed by atoms with Crippen molar-refractivity contribution in [2.24, 2.45) is 0 Å². The fraction of sp³-hybridized carbons (Fsp3) is 0.625. The normalized spacial score (nSPS) is 13.1. The van der Waals surface area contributed by atoms with Gasteiger partial charge in [0.25, 0.3) is 0 Å². The van der Waals surface area contributed by atoms with Gasteiger partial charge in [0.05, 0.1) is 0 Å². The molecule has 0 aromatic heterocycles. The molecule has 1 rings (SSSR count). The number of unbranched alkanes of at least 4 members (excludes halogenated alkanes) is 1. The summed E-state index contributed by atoms with van der Waals surface area (Å²) in [6.45, 7) is 13.5.